The number of carboxylic acids is 1. The van der Waals surface area contributed by atoms with Crippen molar-refractivity contribution >= 4 is 12.0 Å². The van der Waals surface area contributed by atoms with Gasteiger partial charge in [-0.15, -0.1) is 6.58 Å². The van der Waals surface area contributed by atoms with Crippen LogP contribution in [0.3, 0.4) is 0 Å². The van der Waals surface area contributed by atoms with Crippen molar-refractivity contribution in [2.45, 2.75) is 19.4 Å². The van der Waals surface area contributed by atoms with Crippen LogP contribution in [-0.4, -0.2) is 54.9 Å². The van der Waals surface area contributed by atoms with E-state index in [-0.39, 0.29) is 13.0 Å². The second-order valence-corrected chi connectivity index (χ2v) is 3.45. The number of nitrogens with zero attached hydrogens (tertiary/aromatic N) is 1. The lowest BCUT2D eigenvalue weighted by Gasteiger charge is -2.22. The Bertz CT molecular complexity index is 268. The Labute approximate surface area is 101 Å². The lowest BCUT2D eigenvalue weighted by Crippen LogP contribution is -2.48. The predicted octanol–water partition coefficient (Wildman–Crippen LogP) is 0.694. The van der Waals surface area contributed by atoms with Gasteiger partial charge in [-0.1, -0.05) is 6.08 Å². The van der Waals surface area contributed by atoms with E-state index in [9.17, 15) is 9.59 Å². The van der Waals surface area contributed by atoms with Gasteiger partial charge in [-0.2, -0.15) is 0 Å². The number of nitrogens with one attached hydrogen (secondary N) is 1. The van der Waals surface area contributed by atoms with E-state index in [0.717, 1.165) is 0 Å². The van der Waals surface area contributed by atoms with E-state index in [2.05, 4.69) is 11.9 Å². The minimum absolute atomic E-state index is 0.239. The molecule has 0 bridgehead atoms. The highest BCUT2D eigenvalue weighted by Crippen LogP contribution is 1.97. The first-order chi connectivity index (χ1) is 8.06. The Morgan fingerprint density at radius 2 is 2.24 bits per heavy atom. The number of amides is 2. The zero-order chi connectivity index (χ0) is 13.3. The summed E-state index contributed by atoms with van der Waals surface area (Å²) in [6, 6.07) is -1.34. The van der Waals surface area contributed by atoms with Crippen molar-refractivity contribution in [2.75, 3.05) is 26.8 Å². The molecule has 0 aliphatic carbocycles. The molecule has 6 heteroatoms. The maximum Gasteiger partial charge on any atom is 0.326 e. The standard InChI is InChI=1S/C11H20N2O4/c1-4-7-13(5-2)11(16)12-9(10(14)15)6-8-17-3/h4,9H,1,5-8H2,2-3H3,(H,12,16)(H,14,15). The molecule has 17 heavy (non-hydrogen) atoms. The van der Waals surface area contributed by atoms with E-state index < -0.39 is 18.0 Å². The molecule has 0 aromatic heterocycles. The minimum atomic E-state index is -1.06. The van der Waals surface area contributed by atoms with E-state index >= 15 is 0 Å². The Morgan fingerprint density at radius 3 is 2.65 bits per heavy atom. The van der Waals surface area contributed by atoms with Crippen LogP contribution in [0, 0.1) is 0 Å². The summed E-state index contributed by atoms with van der Waals surface area (Å²) in [5.41, 5.74) is 0. The molecule has 6 nitrogen and oxygen atoms in total. The molecule has 0 heterocycles. The first-order valence-corrected chi connectivity index (χ1v) is 5.44. The van der Waals surface area contributed by atoms with Gasteiger partial charge >= 0.3 is 12.0 Å². The number of urea groups is 1. The second kappa shape index (κ2) is 8.58. The molecular formula is C11H20N2O4. The third-order valence-corrected chi connectivity index (χ3v) is 2.22. The van der Waals surface area contributed by atoms with E-state index in [0.29, 0.717) is 13.1 Å². The van der Waals surface area contributed by atoms with Gasteiger partial charge in [0.05, 0.1) is 0 Å². The molecule has 1 atom stereocenters. The van der Waals surface area contributed by atoms with Crippen molar-refractivity contribution in [3.8, 4) is 0 Å². The van der Waals surface area contributed by atoms with Crippen LogP contribution in [0.2, 0.25) is 0 Å². The number of ether oxygens (including phenoxy) is 1. The summed E-state index contributed by atoms with van der Waals surface area (Å²) in [7, 11) is 1.48. The average molecular weight is 244 g/mol. The number of rotatable bonds is 8. The van der Waals surface area contributed by atoms with E-state index in [1.165, 1.54) is 12.0 Å². The van der Waals surface area contributed by atoms with Crippen LogP contribution in [0.4, 0.5) is 4.79 Å². The fourth-order valence-electron chi connectivity index (χ4n) is 1.24. The molecule has 98 valence electrons. The third kappa shape index (κ3) is 5.91. The second-order valence-electron chi connectivity index (χ2n) is 3.45. The van der Waals surface area contributed by atoms with Crippen LogP contribution < -0.4 is 5.32 Å². The van der Waals surface area contributed by atoms with Gasteiger partial charge in [-0.05, 0) is 6.92 Å². The molecule has 0 spiro atoms. The SMILES string of the molecule is C=CCN(CC)C(=O)NC(CCOC)C(=O)O. The Hall–Kier alpha value is -1.56. The van der Waals surface area contributed by atoms with Crippen LogP contribution in [0.1, 0.15) is 13.3 Å². The largest absolute Gasteiger partial charge is 0.480 e. The van der Waals surface area contributed by atoms with Gasteiger partial charge in [-0.25, -0.2) is 9.59 Å². The maximum atomic E-state index is 11.7. The quantitative estimate of drug-likeness (QED) is 0.616. The van der Waals surface area contributed by atoms with Gasteiger partial charge in [0.1, 0.15) is 6.04 Å². The Kier molecular flexibility index (Phi) is 7.79. The molecule has 0 aromatic rings. The predicted molar refractivity (Wildman–Crippen MR) is 63.9 cm³/mol. The van der Waals surface area contributed by atoms with Gasteiger partial charge < -0.3 is 20.1 Å². The fourth-order valence-corrected chi connectivity index (χ4v) is 1.24. The number of carbonyl (C=O) groups excluding carboxylic acids is 1. The lowest BCUT2D eigenvalue weighted by molar-refractivity contribution is -0.139. The molecule has 0 saturated heterocycles. The number of hydrogen-bond donors (Lipinski definition) is 2. The van der Waals surface area contributed by atoms with Gasteiger partial charge in [0.2, 0.25) is 0 Å². The third-order valence-electron chi connectivity index (χ3n) is 2.22. The molecule has 2 N–H and O–H groups in total. The summed E-state index contributed by atoms with van der Waals surface area (Å²) >= 11 is 0. The van der Waals surface area contributed by atoms with Crippen LogP contribution in [0.25, 0.3) is 0 Å². The minimum Gasteiger partial charge on any atom is -0.480 e. The van der Waals surface area contributed by atoms with Crippen LogP contribution in [-0.2, 0) is 9.53 Å². The van der Waals surface area contributed by atoms with Crippen LogP contribution in [0.15, 0.2) is 12.7 Å². The van der Waals surface area contributed by atoms with Gasteiger partial charge in [0, 0.05) is 33.2 Å². The highest BCUT2D eigenvalue weighted by atomic mass is 16.5. The number of carboxylic acid groups (broad SMARTS) is 1. The molecule has 0 aliphatic heterocycles. The summed E-state index contributed by atoms with van der Waals surface area (Å²) in [5.74, 6) is -1.06. The van der Waals surface area contributed by atoms with Crippen molar-refractivity contribution in [1.29, 1.82) is 0 Å². The van der Waals surface area contributed by atoms with Gasteiger partial charge in [0.15, 0.2) is 0 Å². The normalized spacial score (nSPS) is 11.6. The summed E-state index contributed by atoms with van der Waals surface area (Å²) in [5, 5.41) is 11.4. The van der Waals surface area contributed by atoms with E-state index in [4.69, 9.17) is 9.84 Å². The molecule has 0 aromatic carbocycles. The smallest absolute Gasteiger partial charge is 0.326 e. The lowest BCUT2D eigenvalue weighted by atomic mass is 10.2. The summed E-state index contributed by atoms with van der Waals surface area (Å²) < 4.78 is 4.79. The molecule has 0 fully saturated rings. The van der Waals surface area contributed by atoms with E-state index in [1.807, 2.05) is 6.92 Å². The summed E-state index contributed by atoms with van der Waals surface area (Å²) in [6.07, 6.45) is 1.83. The number of carbonyl (C=O) groups is 2. The van der Waals surface area contributed by atoms with Crippen LogP contribution >= 0.6 is 0 Å². The van der Waals surface area contributed by atoms with Crippen LogP contribution in [0.5, 0.6) is 0 Å². The molecular weight excluding hydrogens is 224 g/mol. The molecule has 2 amide bonds. The Balaban J connectivity index is 4.36. The first-order valence-electron chi connectivity index (χ1n) is 5.44. The van der Waals surface area contributed by atoms with E-state index in [1.54, 1.807) is 6.08 Å². The number of likely N-dealkylation sites (N-methyl/N-ethyl adjacent to an activating group) is 1. The summed E-state index contributed by atoms with van der Waals surface area (Å²) in [4.78, 5) is 24.1. The zero-order valence-corrected chi connectivity index (χ0v) is 10.3. The molecule has 1 unspecified atom stereocenters. The highest BCUT2D eigenvalue weighted by molar-refractivity contribution is 5.82. The van der Waals surface area contributed by atoms with Crippen molar-refractivity contribution in [1.82, 2.24) is 10.2 Å². The molecule has 0 radical (unpaired) electrons. The molecule has 0 rings (SSSR count). The number of aliphatic carboxylic acids is 1. The summed E-state index contributed by atoms with van der Waals surface area (Å²) in [6.45, 7) is 6.52. The average Bonchev–Trinajstić information content (AvgIpc) is 2.30. The van der Waals surface area contributed by atoms with Crippen molar-refractivity contribution < 1.29 is 19.4 Å². The Morgan fingerprint density at radius 1 is 1.59 bits per heavy atom. The first kappa shape index (κ1) is 15.4. The maximum absolute atomic E-state index is 11.7. The fraction of sp³-hybridized carbons (Fsp3) is 0.636. The zero-order valence-electron chi connectivity index (χ0n) is 10.3. The molecule has 0 saturated carbocycles. The van der Waals surface area contributed by atoms with Gasteiger partial charge in [0.25, 0.3) is 0 Å². The topological polar surface area (TPSA) is 78.9 Å². The van der Waals surface area contributed by atoms with Gasteiger partial charge in [-0.3, -0.25) is 0 Å². The highest BCUT2D eigenvalue weighted by Gasteiger charge is 2.21. The number of hydrogen-bond acceptors (Lipinski definition) is 3. The number of methoxy groups -OCH3 is 1. The van der Waals surface area contributed by atoms with Crippen molar-refractivity contribution in [2.24, 2.45) is 0 Å². The van der Waals surface area contributed by atoms with Crippen molar-refractivity contribution in [3.63, 3.8) is 0 Å². The molecule has 0 aliphatic rings. The van der Waals surface area contributed by atoms with Crippen molar-refractivity contribution in [3.05, 3.63) is 12.7 Å². The monoisotopic (exact) mass is 244 g/mol.